The largest absolute Gasteiger partial charge is 0.508 e. The van der Waals surface area contributed by atoms with Crippen molar-refractivity contribution in [2.75, 3.05) is 0 Å². The van der Waals surface area contributed by atoms with Crippen molar-refractivity contribution < 1.29 is 9.90 Å². The van der Waals surface area contributed by atoms with Crippen molar-refractivity contribution in [3.63, 3.8) is 0 Å². The van der Waals surface area contributed by atoms with Crippen LogP contribution in [0.15, 0.2) is 78.9 Å². The van der Waals surface area contributed by atoms with Crippen molar-refractivity contribution in [3.8, 4) is 28.4 Å². The number of nitrogens with zero attached hydrogens (tertiary/aromatic N) is 2. The number of phenols is 1. The van der Waals surface area contributed by atoms with E-state index in [4.69, 9.17) is 4.98 Å². The van der Waals surface area contributed by atoms with Crippen molar-refractivity contribution in [2.45, 2.75) is 39.8 Å². The van der Waals surface area contributed by atoms with Gasteiger partial charge in [0.1, 0.15) is 23.0 Å². The van der Waals surface area contributed by atoms with Crippen molar-refractivity contribution in [2.24, 2.45) is 0 Å². The van der Waals surface area contributed by atoms with Gasteiger partial charge in [-0.25, -0.2) is 4.98 Å². The lowest BCUT2D eigenvalue weighted by Crippen LogP contribution is -2.30. The third-order valence-electron chi connectivity index (χ3n) is 5.92. The summed E-state index contributed by atoms with van der Waals surface area (Å²) in [4.78, 5) is 18.7. The fraction of sp³-hybridized carbons (Fsp3) is 0.214. The van der Waals surface area contributed by atoms with Gasteiger partial charge in [0.25, 0.3) is 5.91 Å². The zero-order valence-corrected chi connectivity index (χ0v) is 19.2. The van der Waals surface area contributed by atoms with Crippen LogP contribution in [-0.4, -0.2) is 20.6 Å². The van der Waals surface area contributed by atoms with Crippen LogP contribution in [0, 0.1) is 6.92 Å². The average molecular weight is 440 g/mol. The smallest absolute Gasteiger partial charge is 0.270 e. The lowest BCUT2D eigenvalue weighted by atomic mass is 10.0. The van der Waals surface area contributed by atoms with Crippen LogP contribution >= 0.6 is 0 Å². The second-order valence-corrected chi connectivity index (χ2v) is 8.09. The van der Waals surface area contributed by atoms with Gasteiger partial charge in [-0.1, -0.05) is 67.6 Å². The van der Waals surface area contributed by atoms with Gasteiger partial charge in [-0.2, -0.15) is 0 Å². The van der Waals surface area contributed by atoms with Crippen LogP contribution in [0.2, 0.25) is 0 Å². The molecule has 5 heteroatoms. The zero-order valence-electron chi connectivity index (χ0n) is 19.2. The topological polar surface area (TPSA) is 67.2 Å². The van der Waals surface area contributed by atoms with Crippen LogP contribution in [0.5, 0.6) is 5.75 Å². The number of hydrogen-bond acceptors (Lipinski definition) is 3. The Morgan fingerprint density at radius 3 is 2.24 bits per heavy atom. The van der Waals surface area contributed by atoms with Gasteiger partial charge in [-0.05, 0) is 49.6 Å². The first-order valence-corrected chi connectivity index (χ1v) is 11.3. The Morgan fingerprint density at radius 1 is 0.970 bits per heavy atom. The number of phenolic OH excluding ortho intramolecular Hbond substituents is 1. The van der Waals surface area contributed by atoms with Crippen LogP contribution in [0.25, 0.3) is 22.6 Å². The summed E-state index contributed by atoms with van der Waals surface area (Å²) in [5, 5.41) is 13.3. The van der Waals surface area contributed by atoms with Gasteiger partial charge < -0.3 is 15.0 Å². The van der Waals surface area contributed by atoms with Gasteiger partial charge in [0.2, 0.25) is 0 Å². The summed E-state index contributed by atoms with van der Waals surface area (Å²) in [6.07, 6.45) is 0.773. The van der Waals surface area contributed by atoms with E-state index in [-0.39, 0.29) is 17.7 Å². The highest BCUT2D eigenvalue weighted by Crippen LogP contribution is 2.32. The summed E-state index contributed by atoms with van der Waals surface area (Å²) in [7, 11) is 0. The van der Waals surface area contributed by atoms with Gasteiger partial charge in [-0.3, -0.25) is 4.79 Å². The molecule has 5 nitrogen and oxygen atoms in total. The maximum Gasteiger partial charge on any atom is 0.270 e. The van der Waals surface area contributed by atoms with Crippen molar-refractivity contribution in [3.05, 3.63) is 95.7 Å². The molecule has 33 heavy (non-hydrogen) atoms. The third-order valence-corrected chi connectivity index (χ3v) is 5.92. The molecule has 4 rings (SSSR count). The first-order valence-electron chi connectivity index (χ1n) is 11.3. The summed E-state index contributed by atoms with van der Waals surface area (Å²) in [5.41, 5.74) is 4.69. The number of aromatic hydroxyl groups is 1. The predicted molar refractivity (Wildman–Crippen MR) is 132 cm³/mol. The highest BCUT2D eigenvalue weighted by atomic mass is 16.3. The minimum absolute atomic E-state index is 0.103. The molecular weight excluding hydrogens is 410 g/mol. The predicted octanol–water partition coefficient (Wildman–Crippen LogP) is 6.13. The lowest BCUT2D eigenvalue weighted by Gasteiger charge is -2.19. The summed E-state index contributed by atoms with van der Waals surface area (Å²) >= 11 is 0. The van der Waals surface area contributed by atoms with E-state index < -0.39 is 0 Å². The fourth-order valence-corrected chi connectivity index (χ4v) is 4.14. The quantitative estimate of drug-likeness (QED) is 0.364. The Morgan fingerprint density at radius 2 is 1.64 bits per heavy atom. The number of benzene rings is 3. The van der Waals surface area contributed by atoms with Crippen LogP contribution in [0.3, 0.4) is 0 Å². The molecule has 2 N–H and O–H groups in total. The van der Waals surface area contributed by atoms with E-state index in [1.807, 2.05) is 91.2 Å². The molecule has 0 fully saturated rings. The molecule has 1 aromatic heterocycles. The molecule has 1 amide bonds. The molecule has 1 atom stereocenters. The Hall–Kier alpha value is -3.86. The maximum atomic E-state index is 13.7. The number of rotatable bonds is 7. The maximum absolute atomic E-state index is 13.7. The first kappa shape index (κ1) is 22.3. The molecule has 0 saturated carbocycles. The van der Waals surface area contributed by atoms with Gasteiger partial charge >= 0.3 is 0 Å². The van der Waals surface area contributed by atoms with Crippen molar-refractivity contribution >= 4 is 5.91 Å². The fourth-order valence-electron chi connectivity index (χ4n) is 4.14. The van der Waals surface area contributed by atoms with E-state index in [0.717, 1.165) is 34.5 Å². The van der Waals surface area contributed by atoms with Crippen LogP contribution in [0.4, 0.5) is 0 Å². The van der Waals surface area contributed by atoms with E-state index in [1.165, 1.54) is 0 Å². The zero-order chi connectivity index (χ0) is 23.4. The summed E-state index contributed by atoms with van der Waals surface area (Å²) in [6.45, 7) is 6.52. The molecule has 1 unspecified atom stereocenters. The second-order valence-electron chi connectivity index (χ2n) is 8.09. The third kappa shape index (κ3) is 4.53. The molecular formula is C28H29N3O2. The van der Waals surface area contributed by atoms with E-state index in [2.05, 4.69) is 12.2 Å². The first-order chi connectivity index (χ1) is 16.0. The monoisotopic (exact) mass is 439 g/mol. The van der Waals surface area contributed by atoms with E-state index in [9.17, 15) is 9.90 Å². The Kier molecular flexibility index (Phi) is 6.59. The van der Waals surface area contributed by atoms with Crippen LogP contribution in [-0.2, 0) is 6.54 Å². The van der Waals surface area contributed by atoms with Crippen molar-refractivity contribution in [1.29, 1.82) is 0 Å². The average Bonchev–Trinajstić information content (AvgIpc) is 3.25. The van der Waals surface area contributed by atoms with Crippen LogP contribution in [0.1, 0.15) is 47.9 Å². The molecule has 0 saturated heterocycles. The standard InChI is InChI=1S/C28H29N3O2/c1-4-23(20-12-8-6-9-13-20)29-28(33)26-25(22-16-17-24(32)19(3)18-22)30-27(31(26)5-2)21-14-10-7-11-15-21/h6-18,23,32H,4-5H2,1-3H3,(H,29,33). The molecule has 0 aliphatic carbocycles. The number of aromatic nitrogens is 2. The Balaban J connectivity index is 1.85. The number of imidazole rings is 1. The number of carbonyl (C=O) groups is 1. The number of aryl methyl sites for hydroxylation is 1. The molecule has 0 radical (unpaired) electrons. The van der Waals surface area contributed by atoms with E-state index in [1.54, 1.807) is 6.07 Å². The van der Waals surface area contributed by atoms with Crippen LogP contribution < -0.4 is 5.32 Å². The van der Waals surface area contributed by atoms with Gasteiger partial charge in [-0.15, -0.1) is 0 Å². The van der Waals surface area contributed by atoms with Crippen molar-refractivity contribution in [1.82, 2.24) is 14.9 Å². The molecule has 0 spiro atoms. The number of hydrogen-bond donors (Lipinski definition) is 2. The minimum Gasteiger partial charge on any atom is -0.508 e. The summed E-state index contributed by atoms with van der Waals surface area (Å²) in [5.74, 6) is 0.804. The normalized spacial score (nSPS) is 11.8. The number of amides is 1. The molecule has 0 aliphatic heterocycles. The minimum atomic E-state index is -0.164. The molecule has 0 bridgehead atoms. The van der Waals surface area contributed by atoms with Gasteiger partial charge in [0, 0.05) is 17.7 Å². The summed E-state index contributed by atoms with van der Waals surface area (Å²) < 4.78 is 1.97. The molecule has 4 aromatic rings. The number of carbonyl (C=O) groups excluding carboxylic acids is 1. The lowest BCUT2D eigenvalue weighted by molar-refractivity contribution is 0.0927. The summed E-state index contributed by atoms with van der Waals surface area (Å²) in [6, 6.07) is 25.1. The number of nitrogens with one attached hydrogen (secondary N) is 1. The van der Waals surface area contributed by atoms with E-state index in [0.29, 0.717) is 17.9 Å². The highest BCUT2D eigenvalue weighted by molar-refractivity contribution is 6.00. The van der Waals surface area contributed by atoms with Gasteiger partial charge in [0.05, 0.1) is 6.04 Å². The molecule has 1 heterocycles. The molecule has 3 aromatic carbocycles. The second kappa shape index (κ2) is 9.74. The Bertz CT molecular complexity index is 1250. The van der Waals surface area contributed by atoms with E-state index >= 15 is 0 Å². The highest BCUT2D eigenvalue weighted by Gasteiger charge is 2.26. The molecule has 168 valence electrons. The van der Waals surface area contributed by atoms with Gasteiger partial charge in [0.15, 0.2) is 0 Å². The molecule has 0 aliphatic rings. The SMILES string of the molecule is CCC(NC(=O)c1c(-c2ccc(O)c(C)c2)nc(-c2ccccc2)n1CC)c1ccccc1. The Labute approximate surface area is 194 Å².